The van der Waals surface area contributed by atoms with Gasteiger partial charge in [0.05, 0.1) is 6.04 Å². The molecule has 3 aliphatic rings. The second-order valence-corrected chi connectivity index (χ2v) is 7.97. The maximum absolute atomic E-state index is 13.1. The van der Waals surface area contributed by atoms with Gasteiger partial charge in [-0.15, -0.1) is 0 Å². The van der Waals surface area contributed by atoms with Gasteiger partial charge >= 0.3 is 0 Å². The first kappa shape index (κ1) is 17.3. The zero-order valence-electron chi connectivity index (χ0n) is 15.6. The molecule has 1 aliphatic carbocycles. The van der Waals surface area contributed by atoms with E-state index in [0.29, 0.717) is 18.5 Å². The second kappa shape index (κ2) is 7.28. The number of amides is 1. The lowest BCUT2D eigenvalue weighted by Crippen LogP contribution is -2.41. The molecule has 2 N–H and O–H groups in total. The maximum atomic E-state index is 13.1. The lowest BCUT2D eigenvalue weighted by molar-refractivity contribution is -0.128. The highest BCUT2D eigenvalue weighted by Gasteiger charge is 2.34. The Morgan fingerprint density at radius 3 is 2.65 bits per heavy atom. The minimum absolute atomic E-state index is 0.197. The number of carbonyl (C=O) groups is 1. The summed E-state index contributed by atoms with van der Waals surface area (Å²) >= 11 is 0. The molecular weight excluding hydrogens is 322 g/mol. The van der Waals surface area contributed by atoms with Crippen LogP contribution in [-0.4, -0.2) is 41.9 Å². The van der Waals surface area contributed by atoms with Gasteiger partial charge in [-0.3, -0.25) is 4.79 Å². The molecule has 0 spiro atoms. The van der Waals surface area contributed by atoms with Gasteiger partial charge in [-0.25, -0.2) is 0 Å². The van der Waals surface area contributed by atoms with E-state index in [2.05, 4.69) is 53.4 Å². The molecule has 4 heteroatoms. The maximum Gasteiger partial charge on any atom is 0.253 e. The van der Waals surface area contributed by atoms with E-state index in [9.17, 15) is 4.79 Å². The van der Waals surface area contributed by atoms with Crippen LogP contribution in [0.25, 0.3) is 0 Å². The zero-order valence-corrected chi connectivity index (χ0v) is 15.6. The van der Waals surface area contributed by atoms with Crippen molar-refractivity contribution < 1.29 is 4.79 Å². The molecule has 1 saturated heterocycles. The molecule has 0 radical (unpaired) electrons. The number of benzene rings is 1. The lowest BCUT2D eigenvalue weighted by atomic mass is 9.89. The fourth-order valence-corrected chi connectivity index (χ4v) is 4.25. The first-order valence-electron chi connectivity index (χ1n) is 9.86. The van der Waals surface area contributed by atoms with Gasteiger partial charge in [0.15, 0.2) is 0 Å². The summed E-state index contributed by atoms with van der Waals surface area (Å²) in [6.07, 6.45) is 11.0. The van der Waals surface area contributed by atoms with Gasteiger partial charge in [0, 0.05) is 44.4 Å². The standard InChI is InChI=1S/C22H29N3O/c1-24-12-10-19(13-21(24)18-8-9-18)22(26)25-11-2-3-20(15-25)17-6-4-16(14-23)5-7-17/h4-7,10,12-13,18,20-21H,2-3,8-9,11,14-15,23H2,1H3. The largest absolute Gasteiger partial charge is 0.374 e. The first-order chi connectivity index (χ1) is 12.7. The molecule has 2 fully saturated rings. The highest BCUT2D eigenvalue weighted by molar-refractivity contribution is 5.96. The minimum Gasteiger partial charge on any atom is -0.374 e. The average Bonchev–Trinajstić information content (AvgIpc) is 3.53. The molecule has 4 rings (SSSR count). The number of rotatable bonds is 4. The van der Waals surface area contributed by atoms with Crippen LogP contribution in [-0.2, 0) is 11.3 Å². The van der Waals surface area contributed by atoms with E-state index in [-0.39, 0.29) is 5.91 Å². The van der Waals surface area contributed by atoms with Gasteiger partial charge in [-0.05, 0) is 54.9 Å². The van der Waals surface area contributed by atoms with Crippen LogP contribution in [0.3, 0.4) is 0 Å². The molecule has 0 aromatic heterocycles. The van der Waals surface area contributed by atoms with Gasteiger partial charge in [0.1, 0.15) is 0 Å². The van der Waals surface area contributed by atoms with Crippen molar-refractivity contribution in [1.82, 2.24) is 9.80 Å². The summed E-state index contributed by atoms with van der Waals surface area (Å²) < 4.78 is 0. The molecule has 138 valence electrons. The number of piperidine rings is 1. The van der Waals surface area contributed by atoms with Crippen LogP contribution in [0.4, 0.5) is 0 Å². The third kappa shape index (κ3) is 3.56. The third-order valence-corrected chi connectivity index (χ3v) is 6.06. The first-order valence-corrected chi connectivity index (χ1v) is 9.86. The smallest absolute Gasteiger partial charge is 0.253 e. The molecule has 1 amide bonds. The van der Waals surface area contributed by atoms with Gasteiger partial charge in [-0.1, -0.05) is 24.3 Å². The molecule has 0 bridgehead atoms. The van der Waals surface area contributed by atoms with Crippen LogP contribution >= 0.6 is 0 Å². The normalized spacial score (nSPS) is 26.0. The van der Waals surface area contributed by atoms with Crippen molar-refractivity contribution in [1.29, 1.82) is 0 Å². The average molecular weight is 351 g/mol. The van der Waals surface area contributed by atoms with E-state index in [1.165, 1.54) is 18.4 Å². The van der Waals surface area contributed by atoms with Crippen molar-refractivity contribution in [2.75, 3.05) is 20.1 Å². The summed E-state index contributed by atoms with van der Waals surface area (Å²) in [6.45, 7) is 2.26. The predicted octanol–water partition coefficient (Wildman–Crippen LogP) is 3.02. The van der Waals surface area contributed by atoms with Gasteiger partial charge in [-0.2, -0.15) is 0 Å². The van der Waals surface area contributed by atoms with Crippen LogP contribution in [0.1, 0.15) is 42.7 Å². The number of likely N-dealkylation sites (tertiary alicyclic amines) is 1. The Balaban J connectivity index is 1.46. The van der Waals surface area contributed by atoms with Crippen molar-refractivity contribution in [2.24, 2.45) is 11.7 Å². The van der Waals surface area contributed by atoms with E-state index < -0.39 is 0 Å². The van der Waals surface area contributed by atoms with Crippen molar-refractivity contribution in [3.8, 4) is 0 Å². The Morgan fingerprint density at radius 1 is 1.19 bits per heavy atom. The van der Waals surface area contributed by atoms with Crippen LogP contribution in [0.2, 0.25) is 0 Å². The van der Waals surface area contributed by atoms with Crippen LogP contribution in [0, 0.1) is 5.92 Å². The van der Waals surface area contributed by atoms with Crippen LogP contribution in [0.5, 0.6) is 0 Å². The predicted molar refractivity (Wildman–Crippen MR) is 104 cm³/mol. The summed E-state index contributed by atoms with van der Waals surface area (Å²) in [5.74, 6) is 1.35. The third-order valence-electron chi connectivity index (χ3n) is 6.06. The van der Waals surface area contributed by atoms with E-state index >= 15 is 0 Å². The van der Waals surface area contributed by atoms with E-state index in [4.69, 9.17) is 5.73 Å². The quantitative estimate of drug-likeness (QED) is 0.907. The van der Waals surface area contributed by atoms with Crippen molar-refractivity contribution in [3.05, 3.63) is 59.3 Å². The fraction of sp³-hybridized carbons (Fsp3) is 0.500. The van der Waals surface area contributed by atoms with Crippen molar-refractivity contribution >= 4 is 5.91 Å². The monoisotopic (exact) mass is 351 g/mol. The molecule has 2 atom stereocenters. The molecule has 2 unspecified atom stereocenters. The summed E-state index contributed by atoms with van der Waals surface area (Å²) in [4.78, 5) is 17.4. The number of hydrogen-bond donors (Lipinski definition) is 1. The highest BCUT2D eigenvalue weighted by atomic mass is 16.2. The molecule has 4 nitrogen and oxygen atoms in total. The topological polar surface area (TPSA) is 49.6 Å². The number of nitrogens with zero attached hydrogens (tertiary/aromatic N) is 2. The summed E-state index contributed by atoms with van der Waals surface area (Å²) in [5.41, 5.74) is 9.05. The van der Waals surface area contributed by atoms with Gasteiger partial charge in [0.25, 0.3) is 5.91 Å². The van der Waals surface area contributed by atoms with Gasteiger partial charge in [0.2, 0.25) is 0 Å². The zero-order chi connectivity index (χ0) is 18.1. The fourth-order valence-electron chi connectivity index (χ4n) is 4.25. The molecule has 2 aliphatic heterocycles. The van der Waals surface area contributed by atoms with Crippen LogP contribution in [0.15, 0.2) is 48.2 Å². The number of nitrogens with two attached hydrogens (primary N) is 1. The molecular formula is C22H29N3O. The highest BCUT2D eigenvalue weighted by Crippen LogP contribution is 2.38. The molecule has 1 saturated carbocycles. The SMILES string of the molecule is CN1C=CC(C(=O)N2CCCC(c3ccc(CN)cc3)C2)=CC1C1CC1. The summed E-state index contributed by atoms with van der Waals surface area (Å²) in [7, 11) is 2.11. The Kier molecular flexibility index (Phi) is 4.86. The van der Waals surface area contributed by atoms with E-state index in [1.807, 2.05) is 6.08 Å². The molecule has 1 aromatic rings. The van der Waals surface area contributed by atoms with E-state index in [0.717, 1.165) is 43.0 Å². The Bertz CT molecular complexity index is 717. The molecule has 2 heterocycles. The Hall–Kier alpha value is -2.07. The molecule has 26 heavy (non-hydrogen) atoms. The number of likely N-dealkylation sites (N-methyl/N-ethyl adjacent to an activating group) is 1. The van der Waals surface area contributed by atoms with E-state index in [1.54, 1.807) is 0 Å². The van der Waals surface area contributed by atoms with Gasteiger partial charge < -0.3 is 15.5 Å². The second-order valence-electron chi connectivity index (χ2n) is 7.97. The minimum atomic E-state index is 0.197. The number of carbonyl (C=O) groups excluding carboxylic acids is 1. The van der Waals surface area contributed by atoms with Crippen LogP contribution < -0.4 is 5.73 Å². The lowest BCUT2D eigenvalue weighted by Gasteiger charge is -2.35. The summed E-state index contributed by atoms with van der Waals surface area (Å²) in [5, 5.41) is 0. The Morgan fingerprint density at radius 2 is 1.96 bits per heavy atom. The Labute approximate surface area is 156 Å². The van der Waals surface area contributed by atoms with Crippen molar-refractivity contribution in [2.45, 2.75) is 44.2 Å². The summed E-state index contributed by atoms with van der Waals surface area (Å²) in [6, 6.07) is 8.97. The van der Waals surface area contributed by atoms with Crippen molar-refractivity contribution in [3.63, 3.8) is 0 Å². The molecule has 1 aromatic carbocycles. The number of hydrogen-bond acceptors (Lipinski definition) is 3.